The van der Waals surface area contributed by atoms with Gasteiger partial charge in [0.25, 0.3) is 0 Å². The number of anilines is 1. The molecule has 4 rings (SSSR count). The molecule has 8 heteroatoms. The van der Waals surface area contributed by atoms with Crippen LogP contribution >= 0.6 is 11.3 Å². The van der Waals surface area contributed by atoms with Crippen molar-refractivity contribution in [2.75, 3.05) is 19.3 Å². The molecule has 2 aliphatic carbocycles. The second-order valence-corrected chi connectivity index (χ2v) is 11.5. The topological polar surface area (TPSA) is 100 Å². The van der Waals surface area contributed by atoms with Gasteiger partial charge in [-0.1, -0.05) is 64.2 Å². The molecule has 1 aromatic heterocycles. The van der Waals surface area contributed by atoms with Crippen LogP contribution in [0, 0.1) is 17.8 Å². The third-order valence-corrected chi connectivity index (χ3v) is 9.01. The number of nitrogens with zero attached hydrogens (tertiary/aromatic N) is 2. The van der Waals surface area contributed by atoms with Gasteiger partial charge in [-0.3, -0.25) is 14.5 Å². The summed E-state index contributed by atoms with van der Waals surface area (Å²) in [7, 11) is 2.01. The minimum Gasteiger partial charge on any atom is -0.375 e. The van der Waals surface area contributed by atoms with Crippen molar-refractivity contribution < 1.29 is 9.59 Å². The molecule has 0 bridgehead atoms. The molecule has 1 saturated heterocycles. The number of hydrogen-bond donors (Lipinski definition) is 3. The third kappa shape index (κ3) is 6.27. The SMILES string of the molecule is CN1CCC[C@H]1C(=O)N[C@@H](C(=O)NCc1cnc(N)s1)C(C1CCCCC1)C1CCCCC1. The Balaban J connectivity index is 1.55. The second-order valence-electron chi connectivity index (χ2n) is 10.4. The number of aromatic nitrogens is 1. The number of carbonyl (C=O) groups is 2. The van der Waals surface area contributed by atoms with Crippen molar-refractivity contribution in [2.24, 2.45) is 17.8 Å². The predicted octanol–water partition coefficient (Wildman–Crippen LogP) is 3.70. The minimum absolute atomic E-state index is 0.0220. The number of hydrogen-bond acceptors (Lipinski definition) is 6. The van der Waals surface area contributed by atoms with Crippen LogP contribution in [-0.2, 0) is 16.1 Å². The molecule has 2 heterocycles. The molecule has 1 aromatic rings. The van der Waals surface area contributed by atoms with E-state index in [0.717, 1.165) is 24.3 Å². The Labute approximate surface area is 202 Å². The van der Waals surface area contributed by atoms with E-state index in [1.807, 2.05) is 7.05 Å². The highest BCUT2D eigenvalue weighted by molar-refractivity contribution is 7.15. The van der Waals surface area contributed by atoms with Gasteiger partial charge < -0.3 is 16.4 Å². The molecule has 2 atom stereocenters. The Morgan fingerprint density at radius 3 is 2.21 bits per heavy atom. The lowest BCUT2D eigenvalue weighted by atomic mass is 9.66. The van der Waals surface area contributed by atoms with Crippen LogP contribution in [0.25, 0.3) is 0 Å². The van der Waals surface area contributed by atoms with Crippen molar-refractivity contribution in [2.45, 2.75) is 95.7 Å². The Kier molecular flexibility index (Phi) is 8.63. The fourth-order valence-electron chi connectivity index (χ4n) is 6.48. The average molecular weight is 476 g/mol. The highest BCUT2D eigenvalue weighted by Gasteiger charge is 2.42. The summed E-state index contributed by atoms with van der Waals surface area (Å²) in [6.07, 6.45) is 15.9. The monoisotopic (exact) mass is 475 g/mol. The number of likely N-dealkylation sites (tertiary alicyclic amines) is 1. The van der Waals surface area contributed by atoms with Crippen LogP contribution in [0.3, 0.4) is 0 Å². The van der Waals surface area contributed by atoms with Crippen LogP contribution in [0.15, 0.2) is 6.20 Å². The maximum Gasteiger partial charge on any atom is 0.243 e. The minimum atomic E-state index is -0.469. The molecular weight excluding hydrogens is 434 g/mol. The van der Waals surface area contributed by atoms with E-state index in [9.17, 15) is 9.59 Å². The van der Waals surface area contributed by atoms with Gasteiger partial charge in [0.05, 0.1) is 12.6 Å². The summed E-state index contributed by atoms with van der Waals surface area (Å²) in [6.45, 7) is 1.35. The molecule has 2 saturated carbocycles. The van der Waals surface area contributed by atoms with Gasteiger partial charge in [0.1, 0.15) is 6.04 Å². The first kappa shape index (κ1) is 24.5. The number of nitrogens with two attached hydrogens (primary N) is 1. The average Bonchev–Trinajstić information content (AvgIpc) is 3.46. The van der Waals surface area contributed by atoms with Crippen molar-refractivity contribution in [3.63, 3.8) is 0 Å². The van der Waals surface area contributed by atoms with Crippen LogP contribution in [0.1, 0.15) is 81.9 Å². The fourth-order valence-corrected chi connectivity index (χ4v) is 7.11. The van der Waals surface area contributed by atoms with E-state index in [0.29, 0.717) is 23.5 Å². The van der Waals surface area contributed by atoms with E-state index >= 15 is 0 Å². The Bertz CT molecular complexity index is 770. The summed E-state index contributed by atoms with van der Waals surface area (Å²) in [6, 6.07) is -0.595. The van der Waals surface area contributed by atoms with E-state index in [1.54, 1.807) is 6.20 Å². The summed E-state index contributed by atoms with van der Waals surface area (Å²) in [5.74, 6) is 1.22. The third-order valence-electron chi connectivity index (χ3n) is 8.18. The van der Waals surface area contributed by atoms with E-state index in [4.69, 9.17) is 5.73 Å². The Morgan fingerprint density at radius 2 is 1.70 bits per heavy atom. The highest BCUT2D eigenvalue weighted by Crippen LogP contribution is 2.42. The van der Waals surface area contributed by atoms with Crippen molar-refractivity contribution in [3.05, 3.63) is 11.1 Å². The number of thiazole rings is 1. The van der Waals surface area contributed by atoms with Crippen LogP contribution in [0.2, 0.25) is 0 Å². The summed E-state index contributed by atoms with van der Waals surface area (Å²) >= 11 is 1.40. The van der Waals surface area contributed by atoms with Crippen LogP contribution in [0.4, 0.5) is 5.13 Å². The van der Waals surface area contributed by atoms with Gasteiger partial charge >= 0.3 is 0 Å². The van der Waals surface area contributed by atoms with Gasteiger partial charge in [-0.25, -0.2) is 4.98 Å². The summed E-state index contributed by atoms with van der Waals surface area (Å²) in [5.41, 5.74) is 5.77. The number of amides is 2. The van der Waals surface area contributed by atoms with Crippen LogP contribution < -0.4 is 16.4 Å². The quantitative estimate of drug-likeness (QED) is 0.532. The molecule has 3 aliphatic rings. The lowest BCUT2D eigenvalue weighted by molar-refractivity contribution is -0.134. The lowest BCUT2D eigenvalue weighted by Gasteiger charge is -2.42. The van der Waals surface area contributed by atoms with Crippen LogP contribution in [-0.4, -0.2) is 47.4 Å². The van der Waals surface area contributed by atoms with Gasteiger partial charge in [-0.2, -0.15) is 0 Å². The zero-order chi connectivity index (χ0) is 23.2. The summed E-state index contributed by atoms with van der Waals surface area (Å²) in [4.78, 5) is 34.2. The second kappa shape index (κ2) is 11.6. The summed E-state index contributed by atoms with van der Waals surface area (Å²) in [5, 5.41) is 6.93. The van der Waals surface area contributed by atoms with Gasteiger partial charge in [0.15, 0.2) is 5.13 Å². The molecule has 0 spiro atoms. The van der Waals surface area contributed by atoms with Crippen molar-refractivity contribution >= 4 is 28.3 Å². The first-order valence-corrected chi connectivity index (χ1v) is 13.8. The first-order chi connectivity index (χ1) is 16.0. The molecule has 1 aliphatic heterocycles. The normalized spacial score (nSPS) is 24.1. The van der Waals surface area contributed by atoms with Crippen molar-refractivity contribution in [1.82, 2.24) is 20.5 Å². The standard InChI is InChI=1S/C25H41N5O2S/c1-30-14-8-13-20(30)23(31)29-22(24(32)27-15-19-16-28-25(26)33-19)21(17-9-4-2-5-10-17)18-11-6-3-7-12-18/h16-18,20-22H,2-15H2,1H3,(H2,26,28)(H,27,32)(H,29,31)/t20-,22+/m0/s1. The number of likely N-dealkylation sites (N-methyl/N-ethyl adjacent to an activating group) is 1. The molecule has 0 unspecified atom stereocenters. The Morgan fingerprint density at radius 1 is 1.06 bits per heavy atom. The zero-order valence-corrected chi connectivity index (χ0v) is 20.9. The first-order valence-electron chi connectivity index (χ1n) is 13.0. The van der Waals surface area contributed by atoms with Gasteiger partial charge in [0.2, 0.25) is 11.8 Å². The van der Waals surface area contributed by atoms with E-state index in [2.05, 4.69) is 20.5 Å². The molecular formula is C25H41N5O2S. The molecule has 0 aromatic carbocycles. The molecule has 4 N–H and O–H groups in total. The summed E-state index contributed by atoms with van der Waals surface area (Å²) < 4.78 is 0. The molecule has 3 fully saturated rings. The van der Waals surface area contributed by atoms with Crippen molar-refractivity contribution in [3.8, 4) is 0 Å². The molecule has 184 valence electrons. The van der Waals surface area contributed by atoms with Gasteiger partial charge in [-0.05, 0) is 44.2 Å². The van der Waals surface area contributed by atoms with E-state index in [1.165, 1.54) is 75.5 Å². The van der Waals surface area contributed by atoms with Crippen molar-refractivity contribution in [1.29, 1.82) is 0 Å². The zero-order valence-electron chi connectivity index (χ0n) is 20.1. The molecule has 33 heavy (non-hydrogen) atoms. The van der Waals surface area contributed by atoms with Crippen LogP contribution in [0.5, 0.6) is 0 Å². The van der Waals surface area contributed by atoms with Gasteiger partial charge in [-0.15, -0.1) is 11.3 Å². The maximum atomic E-state index is 13.7. The smallest absolute Gasteiger partial charge is 0.243 e. The number of nitrogen functional groups attached to an aromatic ring is 1. The highest BCUT2D eigenvalue weighted by atomic mass is 32.1. The van der Waals surface area contributed by atoms with E-state index < -0.39 is 6.04 Å². The molecule has 0 radical (unpaired) electrons. The maximum absolute atomic E-state index is 13.7. The molecule has 2 amide bonds. The molecule has 7 nitrogen and oxygen atoms in total. The lowest BCUT2D eigenvalue weighted by Crippen LogP contribution is -2.57. The Hall–Kier alpha value is -1.67. The fraction of sp³-hybridized carbons (Fsp3) is 0.800. The largest absolute Gasteiger partial charge is 0.375 e. The predicted molar refractivity (Wildman–Crippen MR) is 133 cm³/mol. The number of nitrogens with one attached hydrogen (secondary N) is 2. The van der Waals surface area contributed by atoms with E-state index in [-0.39, 0.29) is 23.8 Å². The number of rotatable bonds is 8. The number of carbonyl (C=O) groups excluding carboxylic acids is 2. The van der Waals surface area contributed by atoms with Gasteiger partial charge in [0, 0.05) is 11.1 Å².